The van der Waals surface area contributed by atoms with Crippen LogP contribution in [0.15, 0.2) is 0 Å². The summed E-state index contributed by atoms with van der Waals surface area (Å²) in [6.45, 7) is 6.28. The second-order valence-corrected chi connectivity index (χ2v) is 6.76. The highest BCUT2D eigenvalue weighted by Crippen LogP contribution is 2.22. The fourth-order valence-corrected chi connectivity index (χ4v) is 4.38. The van der Waals surface area contributed by atoms with Crippen LogP contribution >= 0.6 is 23.5 Å². The predicted molar refractivity (Wildman–Crippen MR) is 72.1 cm³/mol. The summed E-state index contributed by atoms with van der Waals surface area (Å²) in [5, 5.41) is 3.61. The second kappa shape index (κ2) is 7.05. The van der Waals surface area contributed by atoms with Crippen LogP contribution in [0.4, 0.5) is 0 Å². The summed E-state index contributed by atoms with van der Waals surface area (Å²) in [5.74, 6) is 6.38. The first-order chi connectivity index (χ1) is 7.45. The summed E-state index contributed by atoms with van der Waals surface area (Å²) in [4.78, 5) is 2.59. The van der Waals surface area contributed by atoms with Crippen LogP contribution in [0.5, 0.6) is 0 Å². The first-order valence-electron chi connectivity index (χ1n) is 6.04. The molecule has 0 aliphatic carbocycles. The van der Waals surface area contributed by atoms with E-state index in [0.29, 0.717) is 0 Å². The van der Waals surface area contributed by atoms with Crippen molar-refractivity contribution in [3.8, 4) is 0 Å². The second-order valence-electron chi connectivity index (χ2n) is 4.39. The van der Waals surface area contributed by atoms with Crippen LogP contribution < -0.4 is 5.32 Å². The van der Waals surface area contributed by atoms with Gasteiger partial charge in [-0.2, -0.15) is 23.5 Å². The zero-order chi connectivity index (χ0) is 10.3. The van der Waals surface area contributed by atoms with E-state index >= 15 is 0 Å². The maximum absolute atomic E-state index is 3.61. The van der Waals surface area contributed by atoms with Crippen LogP contribution in [-0.4, -0.2) is 60.6 Å². The molecule has 2 aliphatic heterocycles. The molecule has 0 aromatic carbocycles. The molecule has 0 amide bonds. The average molecular weight is 246 g/mol. The van der Waals surface area contributed by atoms with Gasteiger partial charge in [-0.25, -0.2) is 0 Å². The van der Waals surface area contributed by atoms with E-state index in [2.05, 4.69) is 33.7 Å². The molecule has 2 saturated heterocycles. The molecule has 15 heavy (non-hydrogen) atoms. The van der Waals surface area contributed by atoms with Gasteiger partial charge in [0, 0.05) is 37.7 Å². The zero-order valence-electron chi connectivity index (χ0n) is 9.41. The lowest BCUT2D eigenvalue weighted by atomic mass is 10.1. The average Bonchev–Trinajstić information content (AvgIpc) is 2.79. The molecule has 0 radical (unpaired) electrons. The number of thioether (sulfide) groups is 2. The van der Waals surface area contributed by atoms with Gasteiger partial charge in [-0.3, -0.25) is 0 Å². The van der Waals surface area contributed by atoms with Gasteiger partial charge in [0.2, 0.25) is 0 Å². The van der Waals surface area contributed by atoms with Crippen LogP contribution in [0.1, 0.15) is 6.42 Å². The SMILES string of the molecule is C(CN1CCSCC1)NCC1CCSC1. The van der Waals surface area contributed by atoms with Crippen molar-refractivity contribution in [3.63, 3.8) is 0 Å². The van der Waals surface area contributed by atoms with Gasteiger partial charge in [-0.1, -0.05) is 0 Å². The summed E-state index contributed by atoms with van der Waals surface area (Å²) in [6.07, 6.45) is 1.43. The van der Waals surface area contributed by atoms with Crippen molar-refractivity contribution >= 4 is 23.5 Å². The Morgan fingerprint density at radius 3 is 2.73 bits per heavy atom. The molecule has 1 unspecified atom stereocenters. The standard InChI is InChI=1S/C11H22N2S2/c1-6-15-10-11(1)9-12-2-3-13-4-7-14-8-5-13/h11-12H,1-10H2. The number of rotatable bonds is 5. The van der Waals surface area contributed by atoms with E-state index in [4.69, 9.17) is 0 Å². The van der Waals surface area contributed by atoms with Crippen molar-refractivity contribution in [2.45, 2.75) is 6.42 Å². The van der Waals surface area contributed by atoms with Gasteiger partial charge in [-0.05, 0) is 30.4 Å². The van der Waals surface area contributed by atoms with E-state index in [0.717, 1.165) is 5.92 Å². The summed E-state index contributed by atoms with van der Waals surface area (Å²) in [5.41, 5.74) is 0. The van der Waals surface area contributed by atoms with Gasteiger partial charge in [0.1, 0.15) is 0 Å². The van der Waals surface area contributed by atoms with Gasteiger partial charge < -0.3 is 10.2 Å². The van der Waals surface area contributed by atoms with Crippen molar-refractivity contribution in [1.29, 1.82) is 0 Å². The third-order valence-electron chi connectivity index (χ3n) is 3.17. The molecule has 2 rings (SSSR count). The highest BCUT2D eigenvalue weighted by molar-refractivity contribution is 7.99. The van der Waals surface area contributed by atoms with Crippen LogP contribution in [-0.2, 0) is 0 Å². The lowest BCUT2D eigenvalue weighted by molar-refractivity contribution is 0.298. The van der Waals surface area contributed by atoms with Crippen molar-refractivity contribution in [3.05, 3.63) is 0 Å². The lowest BCUT2D eigenvalue weighted by Gasteiger charge is -2.26. The van der Waals surface area contributed by atoms with Crippen molar-refractivity contribution < 1.29 is 0 Å². The summed E-state index contributed by atoms with van der Waals surface area (Å²) in [7, 11) is 0. The minimum atomic E-state index is 0.951. The van der Waals surface area contributed by atoms with Crippen LogP contribution in [0, 0.1) is 5.92 Å². The van der Waals surface area contributed by atoms with Crippen LogP contribution in [0.2, 0.25) is 0 Å². The molecule has 2 fully saturated rings. The molecule has 2 aliphatic rings. The molecule has 2 heterocycles. The van der Waals surface area contributed by atoms with E-state index in [9.17, 15) is 0 Å². The van der Waals surface area contributed by atoms with Crippen molar-refractivity contribution in [1.82, 2.24) is 10.2 Å². The number of nitrogens with zero attached hydrogens (tertiary/aromatic N) is 1. The van der Waals surface area contributed by atoms with Gasteiger partial charge in [0.05, 0.1) is 0 Å². The summed E-state index contributed by atoms with van der Waals surface area (Å²) in [6, 6.07) is 0. The Labute approximate surface area is 102 Å². The van der Waals surface area contributed by atoms with E-state index in [1.54, 1.807) is 0 Å². The topological polar surface area (TPSA) is 15.3 Å². The minimum absolute atomic E-state index is 0.951. The Hall–Kier alpha value is 0.620. The molecule has 0 bridgehead atoms. The Bertz CT molecular complexity index is 166. The monoisotopic (exact) mass is 246 g/mol. The van der Waals surface area contributed by atoms with Crippen LogP contribution in [0.25, 0.3) is 0 Å². The van der Waals surface area contributed by atoms with Gasteiger partial charge in [0.15, 0.2) is 0 Å². The van der Waals surface area contributed by atoms with Crippen molar-refractivity contribution in [2.75, 3.05) is 55.7 Å². The molecule has 2 nitrogen and oxygen atoms in total. The van der Waals surface area contributed by atoms with E-state index < -0.39 is 0 Å². The molecule has 0 aromatic heterocycles. The van der Waals surface area contributed by atoms with Gasteiger partial charge in [0.25, 0.3) is 0 Å². The molecule has 0 aromatic rings. The minimum Gasteiger partial charge on any atom is -0.315 e. The quantitative estimate of drug-likeness (QED) is 0.737. The molecule has 1 atom stereocenters. The molecule has 88 valence electrons. The first kappa shape index (κ1) is 12.1. The molecular weight excluding hydrogens is 224 g/mol. The summed E-state index contributed by atoms with van der Waals surface area (Å²) < 4.78 is 0. The Morgan fingerprint density at radius 2 is 2.00 bits per heavy atom. The maximum atomic E-state index is 3.61. The first-order valence-corrected chi connectivity index (χ1v) is 8.34. The third-order valence-corrected chi connectivity index (χ3v) is 5.34. The van der Waals surface area contributed by atoms with E-state index in [1.165, 1.54) is 62.2 Å². The Morgan fingerprint density at radius 1 is 1.13 bits per heavy atom. The Kier molecular flexibility index (Phi) is 5.68. The molecule has 1 N–H and O–H groups in total. The van der Waals surface area contributed by atoms with E-state index in [1.807, 2.05) is 0 Å². The number of hydrogen-bond donors (Lipinski definition) is 1. The zero-order valence-corrected chi connectivity index (χ0v) is 11.0. The summed E-state index contributed by atoms with van der Waals surface area (Å²) >= 11 is 4.21. The fraction of sp³-hybridized carbons (Fsp3) is 1.00. The predicted octanol–water partition coefficient (Wildman–Crippen LogP) is 1.38. The van der Waals surface area contributed by atoms with Crippen LogP contribution in [0.3, 0.4) is 0 Å². The number of hydrogen-bond acceptors (Lipinski definition) is 4. The highest BCUT2D eigenvalue weighted by atomic mass is 32.2. The number of nitrogens with one attached hydrogen (secondary N) is 1. The maximum Gasteiger partial charge on any atom is 0.0107 e. The van der Waals surface area contributed by atoms with Gasteiger partial charge >= 0.3 is 0 Å². The fourth-order valence-electron chi connectivity index (χ4n) is 2.11. The largest absolute Gasteiger partial charge is 0.315 e. The Balaban J connectivity index is 1.47. The molecule has 0 saturated carbocycles. The van der Waals surface area contributed by atoms with E-state index in [-0.39, 0.29) is 0 Å². The molecule has 0 spiro atoms. The normalized spacial score (nSPS) is 28.4. The smallest absolute Gasteiger partial charge is 0.0107 e. The third kappa shape index (κ3) is 4.55. The molecule has 4 heteroatoms. The lowest BCUT2D eigenvalue weighted by Crippen LogP contribution is -2.38. The highest BCUT2D eigenvalue weighted by Gasteiger charge is 2.15. The van der Waals surface area contributed by atoms with Gasteiger partial charge in [-0.15, -0.1) is 0 Å². The molecular formula is C11H22N2S2. The van der Waals surface area contributed by atoms with Crippen molar-refractivity contribution in [2.24, 2.45) is 5.92 Å².